The van der Waals surface area contributed by atoms with Crippen molar-refractivity contribution < 1.29 is 4.79 Å². The third-order valence-corrected chi connectivity index (χ3v) is 5.22. The van der Waals surface area contributed by atoms with Crippen LogP contribution in [0.2, 0.25) is 0 Å². The Bertz CT molecular complexity index is 907. The summed E-state index contributed by atoms with van der Waals surface area (Å²) in [5, 5.41) is 7.97. The molecule has 7 heteroatoms. The second-order valence-electron chi connectivity index (χ2n) is 6.24. The first-order valence-electron chi connectivity index (χ1n) is 8.68. The standard InChI is InChI=1S/C19H23N5OS/c1-13-14(2)21-18-22-19(23-24(18)15(13)3)26-12-17(25)20-11-7-10-16-8-5-4-6-9-16/h4-6,8-9H,7,10-12H2,1-3H3,(H,20,25). The highest BCUT2D eigenvalue weighted by Crippen LogP contribution is 2.17. The van der Waals surface area contributed by atoms with Crippen LogP contribution in [0.1, 0.15) is 28.9 Å². The van der Waals surface area contributed by atoms with Crippen molar-refractivity contribution in [3.63, 3.8) is 0 Å². The van der Waals surface area contributed by atoms with Gasteiger partial charge in [-0.1, -0.05) is 42.1 Å². The number of amides is 1. The molecular formula is C19H23N5OS. The predicted octanol–water partition coefficient (Wildman–Crippen LogP) is 2.89. The lowest BCUT2D eigenvalue weighted by molar-refractivity contribution is -0.118. The molecule has 0 aliphatic carbocycles. The monoisotopic (exact) mass is 369 g/mol. The highest BCUT2D eigenvalue weighted by molar-refractivity contribution is 7.99. The summed E-state index contributed by atoms with van der Waals surface area (Å²) in [7, 11) is 0. The molecule has 0 aliphatic rings. The first kappa shape index (κ1) is 18.4. The molecule has 136 valence electrons. The molecule has 0 bridgehead atoms. The molecule has 0 spiro atoms. The lowest BCUT2D eigenvalue weighted by Crippen LogP contribution is -2.26. The second-order valence-corrected chi connectivity index (χ2v) is 7.18. The Morgan fingerprint density at radius 1 is 1.15 bits per heavy atom. The highest BCUT2D eigenvalue weighted by Gasteiger charge is 2.12. The van der Waals surface area contributed by atoms with Crippen LogP contribution in [-0.4, -0.2) is 37.8 Å². The smallest absolute Gasteiger partial charge is 0.253 e. The normalized spacial score (nSPS) is 11.0. The van der Waals surface area contributed by atoms with Crippen LogP contribution in [0.3, 0.4) is 0 Å². The molecule has 0 aliphatic heterocycles. The molecule has 0 saturated carbocycles. The van der Waals surface area contributed by atoms with E-state index < -0.39 is 0 Å². The fraction of sp³-hybridized carbons (Fsp3) is 0.368. The first-order chi connectivity index (χ1) is 12.5. The zero-order valence-electron chi connectivity index (χ0n) is 15.3. The van der Waals surface area contributed by atoms with Gasteiger partial charge in [0.1, 0.15) is 0 Å². The Morgan fingerprint density at radius 3 is 2.69 bits per heavy atom. The van der Waals surface area contributed by atoms with E-state index in [4.69, 9.17) is 0 Å². The number of hydrogen-bond donors (Lipinski definition) is 1. The summed E-state index contributed by atoms with van der Waals surface area (Å²) in [5.41, 5.74) is 4.38. The van der Waals surface area contributed by atoms with Gasteiger partial charge in [0.2, 0.25) is 11.1 Å². The molecule has 2 aromatic heterocycles. The van der Waals surface area contributed by atoms with Gasteiger partial charge in [0.15, 0.2) is 0 Å². The lowest BCUT2D eigenvalue weighted by atomic mass is 10.1. The van der Waals surface area contributed by atoms with E-state index in [0.29, 0.717) is 23.2 Å². The van der Waals surface area contributed by atoms with Crippen LogP contribution in [0.15, 0.2) is 35.5 Å². The number of nitrogens with one attached hydrogen (secondary N) is 1. The number of carbonyl (C=O) groups is 1. The van der Waals surface area contributed by atoms with Gasteiger partial charge in [0.25, 0.3) is 5.78 Å². The van der Waals surface area contributed by atoms with Gasteiger partial charge < -0.3 is 5.32 Å². The molecule has 0 atom stereocenters. The molecule has 6 nitrogen and oxygen atoms in total. The van der Waals surface area contributed by atoms with E-state index in [1.165, 1.54) is 17.3 Å². The van der Waals surface area contributed by atoms with Crippen molar-refractivity contribution in [2.24, 2.45) is 0 Å². The summed E-state index contributed by atoms with van der Waals surface area (Å²) in [6, 6.07) is 10.3. The Labute approximate surface area is 157 Å². The van der Waals surface area contributed by atoms with Gasteiger partial charge in [-0.05, 0) is 44.7 Å². The molecule has 1 aromatic carbocycles. The fourth-order valence-corrected chi connectivity index (χ4v) is 3.29. The van der Waals surface area contributed by atoms with Crippen LogP contribution in [0.4, 0.5) is 0 Å². The summed E-state index contributed by atoms with van der Waals surface area (Å²) >= 11 is 1.33. The van der Waals surface area contributed by atoms with Gasteiger partial charge in [0.05, 0.1) is 5.75 Å². The lowest BCUT2D eigenvalue weighted by Gasteiger charge is -2.04. The van der Waals surface area contributed by atoms with Crippen LogP contribution in [0.5, 0.6) is 0 Å². The van der Waals surface area contributed by atoms with Crippen molar-refractivity contribution in [2.75, 3.05) is 12.3 Å². The number of aryl methyl sites for hydroxylation is 3. The molecule has 0 radical (unpaired) electrons. The number of nitrogens with zero attached hydrogens (tertiary/aromatic N) is 4. The van der Waals surface area contributed by atoms with Crippen LogP contribution in [-0.2, 0) is 11.2 Å². The summed E-state index contributed by atoms with van der Waals surface area (Å²) in [6.45, 7) is 6.66. The largest absolute Gasteiger partial charge is 0.355 e. The van der Waals surface area contributed by atoms with Crippen molar-refractivity contribution in [1.82, 2.24) is 24.9 Å². The van der Waals surface area contributed by atoms with Gasteiger partial charge in [-0.2, -0.15) is 4.98 Å². The molecule has 3 aromatic rings. The Morgan fingerprint density at radius 2 is 1.92 bits per heavy atom. The van der Waals surface area contributed by atoms with Crippen molar-refractivity contribution in [3.8, 4) is 0 Å². The van der Waals surface area contributed by atoms with Crippen molar-refractivity contribution in [1.29, 1.82) is 0 Å². The summed E-state index contributed by atoms with van der Waals surface area (Å²) in [5.74, 6) is 0.884. The molecule has 0 saturated heterocycles. The van der Waals surface area contributed by atoms with E-state index in [0.717, 1.165) is 29.8 Å². The minimum Gasteiger partial charge on any atom is -0.355 e. The fourth-order valence-electron chi connectivity index (χ4n) is 2.64. The number of fused-ring (bicyclic) bond motifs is 1. The molecule has 26 heavy (non-hydrogen) atoms. The van der Waals surface area contributed by atoms with E-state index in [-0.39, 0.29) is 5.91 Å². The number of hydrogen-bond acceptors (Lipinski definition) is 5. The van der Waals surface area contributed by atoms with Crippen LogP contribution >= 0.6 is 11.8 Å². The van der Waals surface area contributed by atoms with Crippen molar-refractivity contribution >= 4 is 23.4 Å². The number of carbonyl (C=O) groups excluding carboxylic acids is 1. The van der Waals surface area contributed by atoms with E-state index in [1.807, 2.05) is 39.0 Å². The average Bonchev–Trinajstić information content (AvgIpc) is 3.05. The Hall–Kier alpha value is -2.41. The van der Waals surface area contributed by atoms with E-state index in [9.17, 15) is 4.79 Å². The van der Waals surface area contributed by atoms with Crippen LogP contribution in [0.25, 0.3) is 5.78 Å². The maximum absolute atomic E-state index is 12.0. The topological polar surface area (TPSA) is 72.2 Å². The molecule has 1 amide bonds. The van der Waals surface area contributed by atoms with Crippen molar-refractivity contribution in [3.05, 3.63) is 52.8 Å². The van der Waals surface area contributed by atoms with Crippen molar-refractivity contribution in [2.45, 2.75) is 38.8 Å². The molecule has 0 fully saturated rings. The number of thioether (sulfide) groups is 1. The first-order valence-corrected chi connectivity index (χ1v) is 9.67. The van der Waals surface area contributed by atoms with E-state index in [2.05, 4.69) is 32.5 Å². The summed E-state index contributed by atoms with van der Waals surface area (Å²) in [6.07, 6.45) is 1.89. The van der Waals surface area contributed by atoms with Gasteiger partial charge >= 0.3 is 0 Å². The van der Waals surface area contributed by atoms with Gasteiger partial charge in [-0.3, -0.25) is 4.79 Å². The van der Waals surface area contributed by atoms with Crippen LogP contribution < -0.4 is 5.32 Å². The molecule has 0 unspecified atom stereocenters. The van der Waals surface area contributed by atoms with Crippen LogP contribution in [0, 0.1) is 20.8 Å². The third-order valence-electron chi connectivity index (χ3n) is 4.38. The SMILES string of the molecule is Cc1nc2nc(SCC(=O)NCCCc3ccccc3)nn2c(C)c1C. The molecular weight excluding hydrogens is 346 g/mol. The third kappa shape index (κ3) is 4.40. The number of benzene rings is 1. The van der Waals surface area contributed by atoms with Gasteiger partial charge in [-0.15, -0.1) is 5.10 Å². The van der Waals surface area contributed by atoms with Gasteiger partial charge in [0, 0.05) is 17.9 Å². The summed E-state index contributed by atoms with van der Waals surface area (Å²) < 4.78 is 1.74. The van der Waals surface area contributed by atoms with Gasteiger partial charge in [-0.25, -0.2) is 9.50 Å². The molecule has 3 rings (SSSR count). The maximum atomic E-state index is 12.0. The summed E-state index contributed by atoms with van der Waals surface area (Å²) in [4.78, 5) is 20.9. The number of rotatable bonds is 7. The Kier molecular flexibility index (Phi) is 5.88. The zero-order chi connectivity index (χ0) is 18.5. The predicted molar refractivity (Wildman–Crippen MR) is 103 cm³/mol. The molecule has 2 heterocycles. The average molecular weight is 369 g/mol. The number of aromatic nitrogens is 4. The minimum absolute atomic E-state index is 0.000963. The maximum Gasteiger partial charge on any atom is 0.253 e. The van der Waals surface area contributed by atoms with E-state index in [1.54, 1.807) is 4.52 Å². The molecule has 1 N–H and O–H groups in total. The highest BCUT2D eigenvalue weighted by atomic mass is 32.2. The minimum atomic E-state index is -0.000963. The zero-order valence-corrected chi connectivity index (χ0v) is 16.1. The Balaban J connectivity index is 1.47. The second kappa shape index (κ2) is 8.31. The quantitative estimate of drug-likeness (QED) is 0.512. The van der Waals surface area contributed by atoms with E-state index >= 15 is 0 Å².